The van der Waals surface area contributed by atoms with Crippen molar-refractivity contribution in [3.8, 4) is 0 Å². The number of rotatable bonds is 44. The lowest BCUT2D eigenvalue weighted by atomic mass is 10.1. The molecule has 3 N–H and O–H groups in total. The smallest absolute Gasteiger partial charge is 0.463 e. The van der Waals surface area contributed by atoms with Crippen molar-refractivity contribution in [1.82, 2.24) is 5.32 Å². The minimum atomic E-state index is -4.42. The minimum Gasteiger partial charge on any atom is -0.463 e. The zero-order chi connectivity index (χ0) is 41.1. The zero-order valence-corrected chi connectivity index (χ0v) is 37.2. The van der Waals surface area contributed by atoms with Gasteiger partial charge in [-0.3, -0.25) is 18.6 Å². The summed E-state index contributed by atoms with van der Waals surface area (Å²) in [7, 11) is -4.42. The van der Waals surface area contributed by atoms with Gasteiger partial charge in [-0.25, -0.2) is 4.57 Å². The molecule has 0 aromatic carbocycles. The average Bonchev–Trinajstić information content (AvgIpc) is 3.18. The summed E-state index contributed by atoms with van der Waals surface area (Å²) in [4.78, 5) is 34.0. The maximum absolute atomic E-state index is 12.1. The summed E-state index contributed by atoms with van der Waals surface area (Å²) in [6.07, 6.45) is 46.8. The molecule has 9 nitrogen and oxygen atoms in total. The van der Waals surface area contributed by atoms with Gasteiger partial charge in [-0.2, -0.15) is 0 Å². The Balaban J connectivity index is 3.58. The van der Waals surface area contributed by atoms with E-state index >= 15 is 0 Å². The van der Waals surface area contributed by atoms with Crippen molar-refractivity contribution in [2.75, 3.05) is 26.4 Å². The number of carbonyl (C=O) groups is 2. The van der Waals surface area contributed by atoms with Crippen molar-refractivity contribution in [2.24, 2.45) is 0 Å². The predicted octanol–water partition coefficient (Wildman–Crippen LogP) is 13.2. The van der Waals surface area contributed by atoms with Gasteiger partial charge in [-0.1, -0.05) is 173 Å². The Labute approximate surface area is 344 Å². The summed E-state index contributed by atoms with van der Waals surface area (Å²) in [5.74, 6) is -0.521. The van der Waals surface area contributed by atoms with E-state index < -0.39 is 26.5 Å². The van der Waals surface area contributed by atoms with Crippen LogP contribution in [0.5, 0.6) is 0 Å². The molecule has 2 unspecified atom stereocenters. The zero-order valence-electron chi connectivity index (χ0n) is 36.3. The number of nitrogens with one attached hydrogen (secondary N) is 1. The van der Waals surface area contributed by atoms with Crippen molar-refractivity contribution >= 4 is 19.7 Å². The maximum Gasteiger partial charge on any atom is 0.472 e. The van der Waals surface area contributed by atoms with Gasteiger partial charge in [-0.05, 0) is 64.2 Å². The quantitative estimate of drug-likeness (QED) is 0.0240. The highest BCUT2D eigenvalue weighted by Gasteiger charge is 2.23. The fourth-order valence-corrected chi connectivity index (χ4v) is 7.30. The van der Waals surface area contributed by atoms with Crippen LogP contribution in [-0.4, -0.2) is 54.3 Å². The number of aliphatic hydroxyl groups is 1. The number of phosphoric acid groups is 1. The van der Waals surface area contributed by atoms with Crippen molar-refractivity contribution in [3.05, 3.63) is 24.3 Å². The van der Waals surface area contributed by atoms with Crippen LogP contribution in [0.15, 0.2) is 24.3 Å². The molecule has 0 aromatic heterocycles. The predicted molar refractivity (Wildman–Crippen MR) is 234 cm³/mol. The van der Waals surface area contributed by atoms with Crippen molar-refractivity contribution < 1.29 is 37.9 Å². The van der Waals surface area contributed by atoms with Crippen LogP contribution in [0.3, 0.4) is 0 Å². The van der Waals surface area contributed by atoms with Gasteiger partial charge in [0.2, 0.25) is 5.91 Å². The first kappa shape index (κ1) is 54.5. The molecule has 1 amide bonds. The Kier molecular flexibility index (Phi) is 41.9. The van der Waals surface area contributed by atoms with Crippen molar-refractivity contribution in [3.63, 3.8) is 0 Å². The molecule has 0 radical (unpaired) electrons. The number of allylic oxidation sites excluding steroid dienone is 4. The molecule has 0 saturated heterocycles. The van der Waals surface area contributed by atoms with Crippen LogP contribution < -0.4 is 5.32 Å². The van der Waals surface area contributed by atoms with E-state index in [2.05, 4.69) is 43.5 Å². The van der Waals surface area contributed by atoms with Crippen LogP contribution in [0.25, 0.3) is 0 Å². The van der Waals surface area contributed by atoms with Gasteiger partial charge in [-0.15, -0.1) is 0 Å². The Morgan fingerprint density at radius 2 is 0.911 bits per heavy atom. The molecule has 2 atom stereocenters. The number of carbonyl (C=O) groups excluding carboxylic acids is 2. The first-order valence-electron chi connectivity index (χ1n) is 23.3. The summed E-state index contributed by atoms with van der Waals surface area (Å²) in [6.45, 7) is 3.56. The van der Waals surface area contributed by atoms with Gasteiger partial charge in [0.15, 0.2) is 0 Å². The lowest BCUT2D eigenvalue weighted by Crippen LogP contribution is -2.27. The summed E-state index contributed by atoms with van der Waals surface area (Å²) in [6, 6.07) is 0. The Morgan fingerprint density at radius 3 is 1.34 bits per heavy atom. The fraction of sp³-hybridized carbons (Fsp3) is 0.870. The van der Waals surface area contributed by atoms with Gasteiger partial charge in [0.05, 0.1) is 13.2 Å². The third-order valence-corrected chi connectivity index (χ3v) is 11.1. The van der Waals surface area contributed by atoms with Crippen molar-refractivity contribution in [2.45, 2.75) is 232 Å². The van der Waals surface area contributed by atoms with Crippen LogP contribution in [-0.2, 0) is 27.9 Å². The van der Waals surface area contributed by atoms with E-state index in [1.165, 1.54) is 154 Å². The lowest BCUT2D eigenvalue weighted by Gasteiger charge is -2.15. The number of esters is 1. The molecule has 10 heteroatoms. The van der Waals surface area contributed by atoms with Crippen LogP contribution in [0.1, 0.15) is 226 Å². The van der Waals surface area contributed by atoms with Gasteiger partial charge in [0.1, 0.15) is 12.7 Å². The first-order chi connectivity index (χ1) is 27.3. The molecule has 0 rings (SSSR count). The third-order valence-electron chi connectivity index (χ3n) is 10.1. The number of phosphoric ester groups is 1. The van der Waals surface area contributed by atoms with E-state index in [9.17, 15) is 24.2 Å². The number of ether oxygens (including phenoxy) is 1. The summed E-state index contributed by atoms with van der Waals surface area (Å²) < 4.78 is 26.9. The Hall–Kier alpha value is -1.51. The molecular formula is C46H88NO8P. The number of aliphatic hydroxyl groups excluding tert-OH is 1. The number of hydrogen-bond donors (Lipinski definition) is 3. The molecule has 0 fully saturated rings. The molecule has 330 valence electrons. The molecule has 56 heavy (non-hydrogen) atoms. The molecule has 0 aliphatic carbocycles. The van der Waals surface area contributed by atoms with E-state index in [0.29, 0.717) is 6.42 Å². The van der Waals surface area contributed by atoms with E-state index in [1.54, 1.807) is 0 Å². The second-order valence-electron chi connectivity index (χ2n) is 15.7. The van der Waals surface area contributed by atoms with E-state index in [0.717, 1.165) is 44.9 Å². The molecule has 0 aliphatic heterocycles. The van der Waals surface area contributed by atoms with E-state index in [4.69, 9.17) is 13.8 Å². The minimum absolute atomic E-state index is 0.0790. The van der Waals surface area contributed by atoms with Crippen LogP contribution in [0.2, 0.25) is 0 Å². The fourth-order valence-electron chi connectivity index (χ4n) is 6.55. The van der Waals surface area contributed by atoms with Gasteiger partial charge in [0, 0.05) is 19.4 Å². The summed E-state index contributed by atoms with van der Waals surface area (Å²) in [5, 5.41) is 12.7. The lowest BCUT2D eigenvalue weighted by molar-refractivity contribution is -0.147. The standard InChI is InChI=1S/C46H88NO8P/c1-3-5-7-9-11-13-15-17-19-21-22-23-25-27-29-31-33-35-37-39-46(50)53-42-44(48)43-55-56(51,52)54-41-40-47-45(49)38-36-34-32-30-28-26-24-20-18-16-14-12-10-8-6-4-2/h17,19-20,24,44,48H,3-16,18,21-23,25-43H2,1-2H3,(H,47,49)(H,51,52)/b19-17+,24-20-. The Morgan fingerprint density at radius 1 is 0.536 bits per heavy atom. The van der Waals surface area contributed by atoms with Gasteiger partial charge in [0.25, 0.3) is 0 Å². The van der Waals surface area contributed by atoms with Crippen LogP contribution in [0.4, 0.5) is 0 Å². The largest absolute Gasteiger partial charge is 0.472 e. The summed E-state index contributed by atoms with van der Waals surface area (Å²) in [5.41, 5.74) is 0. The average molecular weight is 814 g/mol. The third kappa shape index (κ3) is 43.6. The van der Waals surface area contributed by atoms with Gasteiger partial charge >= 0.3 is 13.8 Å². The highest BCUT2D eigenvalue weighted by atomic mass is 31.2. The van der Waals surface area contributed by atoms with Crippen LogP contribution in [0, 0.1) is 0 Å². The first-order valence-corrected chi connectivity index (χ1v) is 24.8. The molecule has 0 saturated carbocycles. The van der Waals surface area contributed by atoms with Crippen molar-refractivity contribution in [1.29, 1.82) is 0 Å². The number of unbranched alkanes of at least 4 members (excludes halogenated alkanes) is 27. The SMILES string of the molecule is CCCCCCCC/C=C/CCCCCCCCCCCC(=O)OCC(O)COP(=O)(O)OCCNC(=O)CCCCCCC/C=C\CCCCCCCCC. The molecule has 0 aliphatic rings. The molecule has 0 aromatic rings. The Bertz CT molecular complexity index is 975. The monoisotopic (exact) mass is 814 g/mol. The summed E-state index contributed by atoms with van der Waals surface area (Å²) >= 11 is 0. The molecular weight excluding hydrogens is 725 g/mol. The van der Waals surface area contributed by atoms with E-state index in [1.807, 2.05) is 0 Å². The molecule has 0 heterocycles. The maximum atomic E-state index is 12.1. The van der Waals surface area contributed by atoms with Gasteiger partial charge < -0.3 is 20.1 Å². The highest BCUT2D eigenvalue weighted by molar-refractivity contribution is 7.47. The normalized spacial score (nSPS) is 13.4. The second kappa shape index (κ2) is 43.1. The number of hydrogen-bond acceptors (Lipinski definition) is 7. The van der Waals surface area contributed by atoms with E-state index in [-0.39, 0.29) is 32.1 Å². The highest BCUT2D eigenvalue weighted by Crippen LogP contribution is 2.42. The van der Waals surface area contributed by atoms with Crippen LogP contribution >= 0.6 is 7.82 Å². The topological polar surface area (TPSA) is 131 Å². The molecule has 0 bridgehead atoms. The second-order valence-corrected chi connectivity index (χ2v) is 17.2. The molecule has 0 spiro atoms. The number of amides is 1.